The van der Waals surface area contributed by atoms with Crippen LogP contribution in [0.3, 0.4) is 0 Å². The summed E-state index contributed by atoms with van der Waals surface area (Å²) < 4.78 is 9.52. The molecular weight excluding hydrogens is 184 g/mol. The number of esters is 1. The van der Waals surface area contributed by atoms with E-state index in [1.807, 2.05) is 6.92 Å². The first kappa shape index (κ1) is 10.4. The van der Waals surface area contributed by atoms with E-state index in [2.05, 4.69) is 16.7 Å². The summed E-state index contributed by atoms with van der Waals surface area (Å²) in [5, 5.41) is 3.48. The van der Waals surface area contributed by atoms with E-state index in [9.17, 15) is 4.79 Å². The Labute approximate surface area is 81.8 Å². The largest absolute Gasteiger partial charge is 0.460 e. The summed E-state index contributed by atoms with van der Waals surface area (Å²) in [5.41, 5.74) is 0.702. The number of allylic oxidation sites excluding steroid dienone is 1. The van der Waals surface area contributed by atoms with Gasteiger partial charge in [-0.2, -0.15) is 4.98 Å². The lowest BCUT2D eigenvalue weighted by Crippen LogP contribution is -2.06. The van der Waals surface area contributed by atoms with Crippen molar-refractivity contribution in [3.05, 3.63) is 18.3 Å². The maximum absolute atomic E-state index is 11.1. The van der Waals surface area contributed by atoms with Crippen molar-refractivity contribution in [3.8, 4) is 0 Å². The average molecular weight is 196 g/mol. The Morgan fingerprint density at radius 1 is 1.57 bits per heavy atom. The number of hydrogen-bond donors (Lipinski definition) is 0. The van der Waals surface area contributed by atoms with Gasteiger partial charge in [0.25, 0.3) is 11.7 Å². The first-order valence-corrected chi connectivity index (χ1v) is 4.38. The SMILES string of the molecule is C=C(CC)c1nc(C(=O)OCC)no1. The highest BCUT2D eigenvalue weighted by atomic mass is 16.5. The lowest BCUT2D eigenvalue weighted by molar-refractivity contribution is 0.0508. The normalized spacial score (nSPS) is 9.86. The monoisotopic (exact) mass is 196 g/mol. The molecular formula is C9H12N2O3. The lowest BCUT2D eigenvalue weighted by Gasteiger charge is -1.93. The van der Waals surface area contributed by atoms with E-state index in [1.54, 1.807) is 6.92 Å². The van der Waals surface area contributed by atoms with Gasteiger partial charge in [0.2, 0.25) is 0 Å². The van der Waals surface area contributed by atoms with Gasteiger partial charge in [-0.15, -0.1) is 0 Å². The van der Waals surface area contributed by atoms with Crippen LogP contribution in [-0.2, 0) is 4.74 Å². The summed E-state index contributed by atoms with van der Waals surface area (Å²) in [7, 11) is 0. The molecule has 0 aliphatic heterocycles. The Morgan fingerprint density at radius 3 is 2.86 bits per heavy atom. The second-order valence-electron chi connectivity index (χ2n) is 2.60. The van der Waals surface area contributed by atoms with Crippen LogP contribution >= 0.6 is 0 Å². The molecule has 0 atom stereocenters. The minimum atomic E-state index is -0.577. The Kier molecular flexibility index (Phi) is 3.39. The Morgan fingerprint density at radius 2 is 2.29 bits per heavy atom. The van der Waals surface area contributed by atoms with Gasteiger partial charge in [0.05, 0.1) is 6.61 Å². The van der Waals surface area contributed by atoms with Gasteiger partial charge in [0, 0.05) is 5.57 Å². The van der Waals surface area contributed by atoms with Gasteiger partial charge < -0.3 is 9.26 Å². The van der Waals surface area contributed by atoms with Crippen LogP contribution < -0.4 is 0 Å². The molecule has 1 heterocycles. The van der Waals surface area contributed by atoms with E-state index in [0.717, 1.165) is 0 Å². The standard InChI is InChI=1S/C9H12N2O3/c1-4-6(3)8-10-7(11-14-8)9(12)13-5-2/h3-5H2,1-2H3. The zero-order chi connectivity index (χ0) is 10.6. The van der Waals surface area contributed by atoms with Crippen LogP contribution in [0.25, 0.3) is 5.57 Å². The molecule has 0 amide bonds. The number of hydrogen-bond acceptors (Lipinski definition) is 5. The topological polar surface area (TPSA) is 65.2 Å². The van der Waals surface area contributed by atoms with Gasteiger partial charge in [-0.3, -0.25) is 0 Å². The van der Waals surface area contributed by atoms with E-state index >= 15 is 0 Å². The van der Waals surface area contributed by atoms with Gasteiger partial charge in [0.1, 0.15) is 0 Å². The van der Waals surface area contributed by atoms with Crippen LogP contribution in [0.5, 0.6) is 0 Å². The molecule has 1 aromatic heterocycles. The third-order valence-electron chi connectivity index (χ3n) is 1.61. The highest BCUT2D eigenvalue weighted by Crippen LogP contribution is 2.12. The molecule has 0 unspecified atom stereocenters. The van der Waals surface area contributed by atoms with E-state index in [0.29, 0.717) is 12.0 Å². The molecule has 0 fully saturated rings. The average Bonchev–Trinajstić information content (AvgIpc) is 2.66. The van der Waals surface area contributed by atoms with Crippen molar-refractivity contribution in [2.45, 2.75) is 20.3 Å². The second kappa shape index (κ2) is 4.55. The van der Waals surface area contributed by atoms with Crippen molar-refractivity contribution in [1.29, 1.82) is 0 Å². The van der Waals surface area contributed by atoms with Crippen LogP contribution in [0, 0.1) is 0 Å². The van der Waals surface area contributed by atoms with Gasteiger partial charge in [0.15, 0.2) is 0 Å². The summed E-state index contributed by atoms with van der Waals surface area (Å²) in [5.74, 6) is -0.349. The highest BCUT2D eigenvalue weighted by molar-refractivity contribution is 5.85. The number of ether oxygens (including phenoxy) is 1. The zero-order valence-electron chi connectivity index (χ0n) is 8.24. The molecule has 5 nitrogen and oxygen atoms in total. The zero-order valence-corrected chi connectivity index (χ0v) is 8.24. The van der Waals surface area contributed by atoms with Crippen molar-refractivity contribution in [2.75, 3.05) is 6.61 Å². The molecule has 0 radical (unpaired) electrons. The summed E-state index contributed by atoms with van der Waals surface area (Å²) in [4.78, 5) is 15.0. The van der Waals surface area contributed by atoms with E-state index in [4.69, 9.17) is 9.26 Å². The Balaban J connectivity index is 2.77. The van der Waals surface area contributed by atoms with Crippen molar-refractivity contribution in [1.82, 2.24) is 10.1 Å². The third-order valence-corrected chi connectivity index (χ3v) is 1.61. The lowest BCUT2D eigenvalue weighted by atomic mass is 10.2. The molecule has 0 aliphatic rings. The Bertz CT molecular complexity index is 344. The molecule has 5 heteroatoms. The highest BCUT2D eigenvalue weighted by Gasteiger charge is 2.16. The van der Waals surface area contributed by atoms with Gasteiger partial charge in [-0.05, 0) is 18.5 Å². The fraction of sp³-hybridized carbons (Fsp3) is 0.444. The number of aromatic nitrogens is 2. The van der Waals surface area contributed by atoms with Crippen LogP contribution in [0.1, 0.15) is 36.8 Å². The molecule has 0 bridgehead atoms. The van der Waals surface area contributed by atoms with Crippen molar-refractivity contribution in [2.24, 2.45) is 0 Å². The molecule has 1 aromatic rings. The fourth-order valence-corrected chi connectivity index (χ4v) is 0.797. The molecule has 0 saturated heterocycles. The molecule has 76 valence electrons. The maximum atomic E-state index is 11.1. The van der Waals surface area contributed by atoms with Crippen LogP contribution in [0.2, 0.25) is 0 Å². The number of carbonyl (C=O) groups is 1. The van der Waals surface area contributed by atoms with Crippen LogP contribution in [0.15, 0.2) is 11.1 Å². The maximum Gasteiger partial charge on any atom is 0.379 e. The summed E-state index contributed by atoms with van der Waals surface area (Å²) in [6, 6.07) is 0. The van der Waals surface area contributed by atoms with Gasteiger partial charge >= 0.3 is 5.97 Å². The predicted octanol–water partition coefficient (Wildman–Crippen LogP) is 1.67. The van der Waals surface area contributed by atoms with Crippen molar-refractivity contribution in [3.63, 3.8) is 0 Å². The molecule has 0 spiro atoms. The first-order chi connectivity index (χ1) is 6.69. The molecule has 0 N–H and O–H groups in total. The van der Waals surface area contributed by atoms with Gasteiger partial charge in [-0.1, -0.05) is 13.5 Å². The van der Waals surface area contributed by atoms with E-state index < -0.39 is 5.97 Å². The fourth-order valence-electron chi connectivity index (χ4n) is 0.797. The second-order valence-corrected chi connectivity index (χ2v) is 2.60. The Hall–Kier alpha value is -1.65. The minimum absolute atomic E-state index is 0.0588. The molecule has 1 rings (SSSR count). The van der Waals surface area contributed by atoms with Gasteiger partial charge in [-0.25, -0.2) is 4.79 Å². The minimum Gasteiger partial charge on any atom is -0.460 e. The summed E-state index contributed by atoms with van der Waals surface area (Å²) in [6.45, 7) is 7.63. The predicted molar refractivity (Wildman–Crippen MR) is 49.6 cm³/mol. The number of nitrogens with zero attached hydrogens (tertiary/aromatic N) is 2. The molecule has 14 heavy (non-hydrogen) atoms. The molecule has 0 aliphatic carbocycles. The van der Waals surface area contributed by atoms with Crippen molar-refractivity contribution < 1.29 is 14.1 Å². The van der Waals surface area contributed by atoms with Crippen LogP contribution in [0.4, 0.5) is 0 Å². The smallest absolute Gasteiger partial charge is 0.379 e. The number of rotatable bonds is 4. The van der Waals surface area contributed by atoms with Crippen LogP contribution in [-0.4, -0.2) is 22.7 Å². The third kappa shape index (κ3) is 2.18. The van der Waals surface area contributed by atoms with E-state index in [-0.39, 0.29) is 18.3 Å². The molecule has 0 aromatic carbocycles. The van der Waals surface area contributed by atoms with Crippen molar-refractivity contribution >= 4 is 11.5 Å². The quantitative estimate of drug-likeness (QED) is 0.685. The number of carbonyl (C=O) groups excluding carboxylic acids is 1. The first-order valence-electron chi connectivity index (χ1n) is 4.38. The summed E-state index contributed by atoms with van der Waals surface area (Å²) >= 11 is 0. The molecule has 0 saturated carbocycles. The van der Waals surface area contributed by atoms with E-state index in [1.165, 1.54) is 0 Å². The summed E-state index contributed by atoms with van der Waals surface area (Å²) in [6.07, 6.45) is 0.699.